The average Bonchev–Trinajstić information content (AvgIpc) is 2.53. The Bertz CT molecular complexity index is 754. The maximum atomic E-state index is 12.8. The van der Waals surface area contributed by atoms with Gasteiger partial charge in [-0.25, -0.2) is 0 Å². The first-order chi connectivity index (χ1) is 10.2. The molecule has 1 aliphatic heterocycles. The SMILES string of the molecule is Cc1ccc(C(=O)N2c3ccccc3C=C[C@H]2C#N)cc1. The zero-order valence-electron chi connectivity index (χ0n) is 11.7. The molecule has 102 valence electrons. The highest BCUT2D eigenvalue weighted by Gasteiger charge is 2.28. The van der Waals surface area contributed by atoms with Crippen LogP contribution in [0.25, 0.3) is 6.08 Å². The highest BCUT2D eigenvalue weighted by atomic mass is 16.2. The molecule has 0 unspecified atom stereocenters. The van der Waals surface area contributed by atoms with Gasteiger partial charge in [-0.15, -0.1) is 0 Å². The van der Waals surface area contributed by atoms with E-state index in [-0.39, 0.29) is 5.91 Å². The second-order valence-electron chi connectivity index (χ2n) is 5.03. The number of anilines is 1. The van der Waals surface area contributed by atoms with Gasteiger partial charge in [-0.2, -0.15) is 5.26 Å². The fraction of sp³-hybridized carbons (Fsp3) is 0.111. The minimum atomic E-state index is -0.575. The summed E-state index contributed by atoms with van der Waals surface area (Å²) in [6.45, 7) is 1.98. The summed E-state index contributed by atoms with van der Waals surface area (Å²) in [7, 11) is 0. The third kappa shape index (κ3) is 2.32. The summed E-state index contributed by atoms with van der Waals surface area (Å²) in [5.74, 6) is -0.154. The van der Waals surface area contributed by atoms with Crippen molar-refractivity contribution in [3.63, 3.8) is 0 Å². The van der Waals surface area contributed by atoms with Crippen LogP contribution in [-0.2, 0) is 0 Å². The maximum Gasteiger partial charge on any atom is 0.259 e. The lowest BCUT2D eigenvalue weighted by Crippen LogP contribution is -2.40. The Morgan fingerprint density at radius 3 is 2.57 bits per heavy atom. The van der Waals surface area contributed by atoms with Crippen LogP contribution in [0.3, 0.4) is 0 Å². The number of carbonyl (C=O) groups excluding carboxylic acids is 1. The summed E-state index contributed by atoms with van der Waals surface area (Å²) in [5, 5.41) is 9.33. The van der Waals surface area contributed by atoms with E-state index in [0.29, 0.717) is 5.56 Å². The fourth-order valence-corrected chi connectivity index (χ4v) is 2.45. The molecule has 1 atom stereocenters. The number of amides is 1. The van der Waals surface area contributed by atoms with Crippen molar-refractivity contribution in [2.45, 2.75) is 13.0 Å². The predicted octanol–water partition coefficient (Wildman–Crippen LogP) is 3.56. The molecule has 1 aliphatic rings. The first kappa shape index (κ1) is 13.1. The highest BCUT2D eigenvalue weighted by Crippen LogP contribution is 2.30. The molecule has 0 aromatic heterocycles. The molecule has 2 aromatic rings. The second-order valence-corrected chi connectivity index (χ2v) is 5.03. The predicted molar refractivity (Wildman–Crippen MR) is 82.9 cm³/mol. The van der Waals surface area contributed by atoms with Crippen molar-refractivity contribution in [1.29, 1.82) is 5.26 Å². The number of hydrogen-bond acceptors (Lipinski definition) is 2. The molecule has 0 spiro atoms. The number of carbonyl (C=O) groups is 1. The standard InChI is InChI=1S/C18H14N2O/c1-13-6-8-15(9-7-13)18(21)20-16(12-19)11-10-14-4-2-3-5-17(14)20/h2-11,16H,1H3/t16-/m0/s1. The van der Waals surface area contributed by atoms with Crippen molar-refractivity contribution in [2.24, 2.45) is 0 Å². The topological polar surface area (TPSA) is 44.1 Å². The largest absolute Gasteiger partial charge is 0.288 e. The normalized spacial score (nSPS) is 16.2. The molecular formula is C18H14N2O. The molecule has 0 N–H and O–H groups in total. The van der Waals surface area contributed by atoms with Gasteiger partial charge in [0.25, 0.3) is 5.91 Å². The number of rotatable bonds is 1. The molecule has 3 nitrogen and oxygen atoms in total. The molecule has 3 heteroatoms. The Kier molecular flexibility index (Phi) is 3.29. The van der Waals surface area contributed by atoms with Crippen molar-refractivity contribution < 1.29 is 4.79 Å². The summed E-state index contributed by atoms with van der Waals surface area (Å²) in [4.78, 5) is 14.3. The molecule has 0 aliphatic carbocycles. The summed E-state index contributed by atoms with van der Waals surface area (Å²) in [5.41, 5.74) is 3.41. The quantitative estimate of drug-likeness (QED) is 0.798. The number of para-hydroxylation sites is 1. The molecule has 0 fully saturated rings. The molecule has 0 bridgehead atoms. The van der Waals surface area contributed by atoms with Crippen molar-refractivity contribution in [3.8, 4) is 6.07 Å². The Hall–Kier alpha value is -2.86. The zero-order chi connectivity index (χ0) is 14.8. The van der Waals surface area contributed by atoms with Crippen LogP contribution in [0.2, 0.25) is 0 Å². The van der Waals surface area contributed by atoms with Gasteiger partial charge in [-0.3, -0.25) is 9.69 Å². The summed E-state index contributed by atoms with van der Waals surface area (Å²) < 4.78 is 0. The summed E-state index contributed by atoms with van der Waals surface area (Å²) in [6, 6.07) is 16.6. The van der Waals surface area contributed by atoms with Gasteiger partial charge in [0, 0.05) is 5.56 Å². The van der Waals surface area contributed by atoms with E-state index in [1.165, 1.54) is 0 Å². The van der Waals surface area contributed by atoms with Crippen LogP contribution >= 0.6 is 0 Å². The minimum Gasteiger partial charge on any atom is -0.288 e. The molecule has 0 saturated heterocycles. The Balaban J connectivity index is 2.06. The molecule has 2 aromatic carbocycles. The monoisotopic (exact) mass is 274 g/mol. The Morgan fingerprint density at radius 2 is 1.86 bits per heavy atom. The van der Waals surface area contributed by atoms with E-state index < -0.39 is 6.04 Å². The smallest absolute Gasteiger partial charge is 0.259 e. The minimum absolute atomic E-state index is 0.154. The lowest BCUT2D eigenvalue weighted by atomic mass is 10.0. The number of nitriles is 1. The van der Waals surface area contributed by atoms with Gasteiger partial charge in [0.1, 0.15) is 6.04 Å². The Labute approximate surface area is 123 Å². The number of aryl methyl sites for hydroxylation is 1. The van der Waals surface area contributed by atoms with Gasteiger partial charge in [0.2, 0.25) is 0 Å². The van der Waals surface area contributed by atoms with Crippen molar-refractivity contribution in [1.82, 2.24) is 0 Å². The molecule has 0 radical (unpaired) electrons. The van der Waals surface area contributed by atoms with Gasteiger partial charge in [-0.05, 0) is 36.8 Å². The molecule has 0 saturated carbocycles. The third-order valence-corrected chi connectivity index (χ3v) is 3.58. The number of fused-ring (bicyclic) bond motifs is 1. The van der Waals surface area contributed by atoms with Gasteiger partial charge in [-0.1, -0.05) is 42.0 Å². The second kappa shape index (κ2) is 5.26. The lowest BCUT2D eigenvalue weighted by molar-refractivity contribution is 0.0985. The van der Waals surface area contributed by atoms with Crippen LogP contribution in [0.1, 0.15) is 21.5 Å². The van der Waals surface area contributed by atoms with E-state index in [9.17, 15) is 10.1 Å². The summed E-state index contributed by atoms with van der Waals surface area (Å²) >= 11 is 0. The third-order valence-electron chi connectivity index (χ3n) is 3.58. The van der Waals surface area contributed by atoms with Crippen molar-refractivity contribution >= 4 is 17.7 Å². The zero-order valence-corrected chi connectivity index (χ0v) is 11.7. The Morgan fingerprint density at radius 1 is 1.14 bits per heavy atom. The van der Waals surface area contributed by atoms with E-state index in [0.717, 1.165) is 16.8 Å². The first-order valence-corrected chi connectivity index (χ1v) is 6.78. The molecule has 21 heavy (non-hydrogen) atoms. The number of hydrogen-bond donors (Lipinski definition) is 0. The number of nitrogens with zero attached hydrogens (tertiary/aromatic N) is 2. The van der Waals surface area contributed by atoms with Crippen LogP contribution in [-0.4, -0.2) is 11.9 Å². The van der Waals surface area contributed by atoms with E-state index in [1.54, 1.807) is 23.1 Å². The maximum absolute atomic E-state index is 12.8. The average molecular weight is 274 g/mol. The van der Waals surface area contributed by atoms with Gasteiger partial charge >= 0.3 is 0 Å². The van der Waals surface area contributed by atoms with Crippen molar-refractivity contribution in [2.75, 3.05) is 4.90 Å². The molecule has 1 amide bonds. The van der Waals surface area contributed by atoms with Gasteiger partial charge in [0.05, 0.1) is 11.8 Å². The number of benzene rings is 2. The van der Waals surface area contributed by atoms with Crippen molar-refractivity contribution in [3.05, 3.63) is 71.3 Å². The van der Waals surface area contributed by atoms with Crippen LogP contribution in [0.5, 0.6) is 0 Å². The molecular weight excluding hydrogens is 260 g/mol. The van der Waals surface area contributed by atoms with Crippen LogP contribution in [0.4, 0.5) is 5.69 Å². The first-order valence-electron chi connectivity index (χ1n) is 6.78. The van der Waals surface area contributed by atoms with E-state index in [4.69, 9.17) is 0 Å². The molecule has 3 rings (SSSR count). The van der Waals surface area contributed by atoms with Crippen LogP contribution in [0, 0.1) is 18.3 Å². The van der Waals surface area contributed by atoms with Crippen LogP contribution < -0.4 is 4.90 Å². The van der Waals surface area contributed by atoms with Crippen LogP contribution in [0.15, 0.2) is 54.6 Å². The van der Waals surface area contributed by atoms with Gasteiger partial charge < -0.3 is 0 Å². The molecule has 1 heterocycles. The fourth-order valence-electron chi connectivity index (χ4n) is 2.45. The van der Waals surface area contributed by atoms with E-state index in [2.05, 4.69) is 6.07 Å². The lowest BCUT2D eigenvalue weighted by Gasteiger charge is -2.30. The van der Waals surface area contributed by atoms with Gasteiger partial charge in [0.15, 0.2) is 0 Å². The summed E-state index contributed by atoms with van der Waals surface area (Å²) in [6.07, 6.45) is 3.65. The van der Waals surface area contributed by atoms with E-state index in [1.807, 2.05) is 49.4 Å². The van der Waals surface area contributed by atoms with E-state index >= 15 is 0 Å². The highest BCUT2D eigenvalue weighted by molar-refractivity contribution is 6.08.